The van der Waals surface area contributed by atoms with Crippen LogP contribution in [0, 0.1) is 0 Å². The van der Waals surface area contributed by atoms with E-state index in [0.717, 1.165) is 11.1 Å². The van der Waals surface area contributed by atoms with E-state index in [2.05, 4.69) is 15.6 Å². The summed E-state index contributed by atoms with van der Waals surface area (Å²) in [6.07, 6.45) is 3.50. The van der Waals surface area contributed by atoms with Crippen LogP contribution in [0.4, 0.5) is 11.4 Å². The van der Waals surface area contributed by atoms with Gasteiger partial charge in [-0.3, -0.25) is 14.6 Å². The number of hydrogen-bond donors (Lipinski definition) is 2. The zero-order valence-corrected chi connectivity index (χ0v) is 15.8. The van der Waals surface area contributed by atoms with Gasteiger partial charge in [-0.05, 0) is 35.4 Å². The Morgan fingerprint density at radius 1 is 1.14 bits per heavy atom. The second kappa shape index (κ2) is 8.67. The lowest BCUT2D eigenvalue weighted by Gasteiger charge is -2.26. The van der Waals surface area contributed by atoms with Gasteiger partial charge in [-0.1, -0.05) is 36.4 Å². The maximum Gasteiger partial charge on any atom is 0.257 e. The van der Waals surface area contributed by atoms with Crippen molar-refractivity contribution in [3.63, 3.8) is 0 Å². The molecule has 6 nitrogen and oxygen atoms in total. The SMILES string of the molecule is O=C1CC(COCc2ccccc2)c2ccc(NC(=O)c3cccnc3)cc2N1. The van der Waals surface area contributed by atoms with Crippen molar-refractivity contribution in [1.82, 2.24) is 4.98 Å². The summed E-state index contributed by atoms with van der Waals surface area (Å²) in [5, 5.41) is 5.73. The summed E-state index contributed by atoms with van der Waals surface area (Å²) in [6.45, 7) is 0.963. The van der Waals surface area contributed by atoms with Crippen LogP contribution in [0.3, 0.4) is 0 Å². The lowest BCUT2D eigenvalue weighted by Crippen LogP contribution is -2.25. The van der Waals surface area contributed by atoms with E-state index in [4.69, 9.17) is 4.74 Å². The fraction of sp³-hybridized carbons (Fsp3) is 0.174. The predicted molar refractivity (Wildman–Crippen MR) is 111 cm³/mol. The molecule has 1 aliphatic heterocycles. The molecule has 0 radical (unpaired) electrons. The van der Waals surface area contributed by atoms with E-state index in [1.54, 1.807) is 24.4 Å². The minimum Gasteiger partial charge on any atom is -0.376 e. The Bertz CT molecular complexity index is 1010. The Morgan fingerprint density at radius 2 is 2.00 bits per heavy atom. The Labute approximate surface area is 168 Å². The standard InChI is InChI=1S/C23H21N3O3/c27-22-11-18(15-29-14-16-5-2-1-3-6-16)20-9-8-19(12-21(20)26-22)25-23(28)17-7-4-10-24-13-17/h1-10,12-13,18H,11,14-15H2,(H,25,28)(H,26,27). The molecule has 1 unspecified atom stereocenters. The summed E-state index contributed by atoms with van der Waals surface area (Å²) in [7, 11) is 0. The van der Waals surface area contributed by atoms with Gasteiger partial charge in [0.25, 0.3) is 5.91 Å². The summed E-state index contributed by atoms with van der Waals surface area (Å²) in [6, 6.07) is 18.9. The van der Waals surface area contributed by atoms with Gasteiger partial charge < -0.3 is 15.4 Å². The van der Waals surface area contributed by atoms with Crippen molar-refractivity contribution >= 4 is 23.2 Å². The third-order valence-corrected chi connectivity index (χ3v) is 4.81. The molecule has 146 valence electrons. The number of ether oxygens (including phenoxy) is 1. The van der Waals surface area contributed by atoms with Crippen LogP contribution < -0.4 is 10.6 Å². The van der Waals surface area contributed by atoms with Crippen LogP contribution in [0.1, 0.15) is 33.8 Å². The van der Waals surface area contributed by atoms with E-state index in [0.29, 0.717) is 36.6 Å². The minimum absolute atomic E-state index is 0.0227. The normalized spacial score (nSPS) is 15.3. The third kappa shape index (κ3) is 4.67. The monoisotopic (exact) mass is 387 g/mol. The van der Waals surface area contributed by atoms with Gasteiger partial charge in [0.1, 0.15) is 0 Å². The highest BCUT2D eigenvalue weighted by molar-refractivity contribution is 6.04. The first kappa shape index (κ1) is 18.8. The van der Waals surface area contributed by atoms with Gasteiger partial charge in [0.05, 0.1) is 18.8 Å². The highest BCUT2D eigenvalue weighted by atomic mass is 16.5. The van der Waals surface area contributed by atoms with Crippen molar-refractivity contribution in [2.75, 3.05) is 17.2 Å². The first-order chi connectivity index (χ1) is 14.2. The number of nitrogens with one attached hydrogen (secondary N) is 2. The molecule has 0 saturated heterocycles. The molecule has 2 N–H and O–H groups in total. The molecular weight excluding hydrogens is 366 g/mol. The van der Waals surface area contributed by atoms with Gasteiger partial charge in [0.2, 0.25) is 5.91 Å². The van der Waals surface area contributed by atoms with E-state index in [1.165, 1.54) is 6.20 Å². The fourth-order valence-electron chi connectivity index (χ4n) is 3.38. The second-order valence-electron chi connectivity index (χ2n) is 6.95. The van der Waals surface area contributed by atoms with E-state index >= 15 is 0 Å². The Balaban J connectivity index is 1.44. The first-order valence-electron chi connectivity index (χ1n) is 9.46. The number of anilines is 2. The Hall–Kier alpha value is -3.51. The highest BCUT2D eigenvalue weighted by Crippen LogP contribution is 2.34. The summed E-state index contributed by atoms with van der Waals surface area (Å²) in [5.41, 5.74) is 3.90. The third-order valence-electron chi connectivity index (χ3n) is 4.81. The molecule has 4 rings (SSSR count). The van der Waals surface area contributed by atoms with Crippen LogP contribution in [-0.4, -0.2) is 23.4 Å². The zero-order chi connectivity index (χ0) is 20.1. The number of aromatic nitrogens is 1. The molecule has 29 heavy (non-hydrogen) atoms. The Morgan fingerprint density at radius 3 is 2.79 bits per heavy atom. The number of hydrogen-bond acceptors (Lipinski definition) is 4. The lowest BCUT2D eigenvalue weighted by atomic mass is 9.91. The quantitative estimate of drug-likeness (QED) is 0.671. The molecule has 0 saturated carbocycles. The van der Waals surface area contributed by atoms with Gasteiger partial charge in [0, 0.05) is 36.1 Å². The molecule has 1 aliphatic rings. The topological polar surface area (TPSA) is 80.3 Å². The van der Waals surface area contributed by atoms with Crippen LogP contribution in [-0.2, 0) is 16.1 Å². The molecule has 0 aliphatic carbocycles. The van der Waals surface area contributed by atoms with Gasteiger partial charge in [0.15, 0.2) is 0 Å². The number of carbonyl (C=O) groups is 2. The molecular formula is C23H21N3O3. The van der Waals surface area contributed by atoms with E-state index in [1.807, 2.05) is 42.5 Å². The van der Waals surface area contributed by atoms with Gasteiger partial charge in [-0.15, -0.1) is 0 Å². The van der Waals surface area contributed by atoms with Crippen molar-refractivity contribution in [2.45, 2.75) is 18.9 Å². The molecule has 2 heterocycles. The number of pyridine rings is 1. The number of fused-ring (bicyclic) bond motifs is 1. The number of nitrogens with zero attached hydrogens (tertiary/aromatic N) is 1. The van der Waals surface area contributed by atoms with Gasteiger partial charge in [-0.2, -0.15) is 0 Å². The molecule has 2 amide bonds. The van der Waals surface area contributed by atoms with Crippen LogP contribution in [0.2, 0.25) is 0 Å². The average molecular weight is 387 g/mol. The molecule has 6 heteroatoms. The largest absolute Gasteiger partial charge is 0.376 e. The van der Waals surface area contributed by atoms with Crippen molar-refractivity contribution in [3.05, 3.63) is 89.7 Å². The summed E-state index contributed by atoms with van der Waals surface area (Å²) in [4.78, 5) is 28.4. The van der Waals surface area contributed by atoms with E-state index in [-0.39, 0.29) is 17.7 Å². The van der Waals surface area contributed by atoms with Gasteiger partial charge in [-0.25, -0.2) is 0 Å². The molecule has 2 aromatic carbocycles. The van der Waals surface area contributed by atoms with Crippen LogP contribution in [0.15, 0.2) is 73.1 Å². The molecule has 0 fully saturated rings. The first-order valence-corrected chi connectivity index (χ1v) is 9.46. The highest BCUT2D eigenvalue weighted by Gasteiger charge is 2.25. The summed E-state index contributed by atoms with van der Waals surface area (Å²) in [5.74, 6) is -0.324. The molecule has 0 bridgehead atoms. The zero-order valence-electron chi connectivity index (χ0n) is 15.8. The van der Waals surface area contributed by atoms with Crippen LogP contribution >= 0.6 is 0 Å². The van der Waals surface area contributed by atoms with Crippen molar-refractivity contribution in [1.29, 1.82) is 0 Å². The van der Waals surface area contributed by atoms with Crippen LogP contribution in [0.5, 0.6) is 0 Å². The molecule has 3 aromatic rings. The summed E-state index contributed by atoms with van der Waals surface area (Å²) >= 11 is 0. The summed E-state index contributed by atoms with van der Waals surface area (Å²) < 4.78 is 5.86. The van der Waals surface area contributed by atoms with Crippen molar-refractivity contribution < 1.29 is 14.3 Å². The Kier molecular flexibility index (Phi) is 5.63. The second-order valence-corrected chi connectivity index (χ2v) is 6.95. The lowest BCUT2D eigenvalue weighted by molar-refractivity contribution is -0.117. The maximum absolute atomic E-state index is 12.3. The predicted octanol–water partition coefficient (Wildman–Crippen LogP) is 3.98. The van der Waals surface area contributed by atoms with Crippen LogP contribution in [0.25, 0.3) is 0 Å². The molecule has 0 spiro atoms. The minimum atomic E-state index is -0.247. The van der Waals surface area contributed by atoms with Crippen molar-refractivity contribution in [3.8, 4) is 0 Å². The smallest absolute Gasteiger partial charge is 0.257 e. The number of amides is 2. The number of carbonyl (C=O) groups excluding carboxylic acids is 2. The average Bonchev–Trinajstić information content (AvgIpc) is 2.74. The number of benzene rings is 2. The molecule has 1 aromatic heterocycles. The van der Waals surface area contributed by atoms with E-state index in [9.17, 15) is 9.59 Å². The van der Waals surface area contributed by atoms with Gasteiger partial charge >= 0.3 is 0 Å². The van der Waals surface area contributed by atoms with E-state index < -0.39 is 0 Å². The fourth-order valence-corrected chi connectivity index (χ4v) is 3.38. The maximum atomic E-state index is 12.3. The van der Waals surface area contributed by atoms with Crippen molar-refractivity contribution in [2.24, 2.45) is 0 Å². The molecule has 1 atom stereocenters. The number of rotatable bonds is 6.